The third-order valence-corrected chi connectivity index (χ3v) is 4.59. The summed E-state index contributed by atoms with van der Waals surface area (Å²) in [5, 5.41) is 13.0. The van der Waals surface area contributed by atoms with E-state index in [9.17, 15) is 32.1 Å². The average Bonchev–Trinajstić information content (AvgIpc) is 2.65. The van der Waals surface area contributed by atoms with E-state index in [1.165, 1.54) is 13.0 Å². The van der Waals surface area contributed by atoms with E-state index >= 15 is 0 Å². The summed E-state index contributed by atoms with van der Waals surface area (Å²) in [6, 6.07) is 2.19. The molecule has 0 fully saturated rings. The van der Waals surface area contributed by atoms with Gasteiger partial charge in [-0.1, -0.05) is 16.8 Å². The molecule has 0 spiro atoms. The van der Waals surface area contributed by atoms with Gasteiger partial charge in [-0.25, -0.2) is 4.79 Å². The van der Waals surface area contributed by atoms with E-state index in [0.717, 1.165) is 20.3 Å². The fourth-order valence-electron chi connectivity index (χ4n) is 2.12. The number of ether oxygens (including phenoxy) is 2. The van der Waals surface area contributed by atoms with Crippen LogP contribution in [0.5, 0.6) is 0 Å². The molecule has 0 saturated heterocycles. The molecule has 1 amide bonds. The normalized spacial score (nSPS) is 12.7. The van der Waals surface area contributed by atoms with Gasteiger partial charge in [0.25, 0.3) is 16.0 Å². The predicted molar refractivity (Wildman–Crippen MR) is 96.4 cm³/mol. The molecular weight excluding hydrogens is 436 g/mol. The molecule has 14 heteroatoms. The highest BCUT2D eigenvalue weighted by molar-refractivity contribution is 7.86. The molecule has 12 nitrogen and oxygen atoms in total. The summed E-state index contributed by atoms with van der Waals surface area (Å²) < 4.78 is 41.0. The number of aryl methyl sites for hydroxylation is 1. The van der Waals surface area contributed by atoms with Gasteiger partial charge in [0.1, 0.15) is 4.90 Å². The van der Waals surface area contributed by atoms with E-state index in [1.807, 2.05) is 5.32 Å². The molecule has 0 saturated carbocycles. The molecule has 1 aromatic carbocycles. The summed E-state index contributed by atoms with van der Waals surface area (Å²) in [7, 11) is -3.18. The molecule has 158 valence electrons. The van der Waals surface area contributed by atoms with E-state index in [-0.39, 0.29) is 5.02 Å². The number of ketones is 1. The van der Waals surface area contributed by atoms with Crippen LogP contribution >= 0.6 is 11.6 Å². The summed E-state index contributed by atoms with van der Waals surface area (Å²) in [5.41, 5.74) is -1.49. The number of anilines is 1. The summed E-state index contributed by atoms with van der Waals surface area (Å²) in [6.07, 6.45) is 0. The van der Waals surface area contributed by atoms with E-state index in [1.54, 1.807) is 0 Å². The third kappa shape index (κ3) is 5.49. The Morgan fingerprint density at radius 3 is 2.21 bits per heavy atom. The van der Waals surface area contributed by atoms with Gasteiger partial charge in [-0.2, -0.15) is 8.42 Å². The Labute approximate surface area is 169 Å². The molecule has 0 aromatic heterocycles. The van der Waals surface area contributed by atoms with Gasteiger partial charge in [0.15, 0.2) is 11.6 Å². The molecular formula is C15H15ClN2O10S. The molecule has 1 unspecified atom stereocenters. The van der Waals surface area contributed by atoms with Crippen molar-refractivity contribution in [2.75, 3.05) is 19.5 Å². The van der Waals surface area contributed by atoms with Gasteiger partial charge in [-0.15, -0.1) is 0 Å². The smallest absolute Gasteiger partial charge is 0.357 e. The summed E-state index contributed by atoms with van der Waals surface area (Å²) in [5.74, 6) is -8.45. The maximum absolute atomic E-state index is 12.4. The Balaban J connectivity index is 3.43. The minimum Gasteiger partial charge on any atom is -0.468 e. The molecule has 3 N–H and O–H groups in total. The molecule has 0 aliphatic carbocycles. The maximum Gasteiger partial charge on any atom is 0.357 e. The monoisotopic (exact) mass is 450 g/mol. The van der Waals surface area contributed by atoms with Gasteiger partial charge >= 0.3 is 11.9 Å². The minimum absolute atomic E-state index is 0.305. The van der Waals surface area contributed by atoms with E-state index in [2.05, 4.69) is 14.6 Å². The Kier molecular flexibility index (Phi) is 7.82. The number of nitrogens with zero attached hydrogens (tertiary/aromatic N) is 1. The SMILES string of the molecule is COC(=O)/C(=N\O)C(C(=O)OC)C(=O)C(=O)Nc1c(Cl)cc(C)cc1S(=O)(=O)O. The standard InChI is InChI=1S/C15H15ClN2O10S/c1-6-4-7(16)10(8(5-6)29(24,25)26)17-13(20)12(19)9(14(21)27-2)11(18-23)15(22)28-3/h4-5,9,23H,1-3H3,(H,17,20)(H,24,25,26)/b18-11-. The van der Waals surface area contributed by atoms with Gasteiger partial charge in [-0.05, 0) is 24.6 Å². The Bertz CT molecular complexity index is 1000. The van der Waals surface area contributed by atoms with Crippen molar-refractivity contribution in [2.45, 2.75) is 11.8 Å². The second kappa shape index (κ2) is 9.45. The number of hydrogen-bond acceptors (Lipinski definition) is 10. The molecule has 1 atom stereocenters. The first-order chi connectivity index (χ1) is 13.4. The van der Waals surface area contributed by atoms with Gasteiger partial charge in [0, 0.05) is 0 Å². The van der Waals surface area contributed by atoms with Gasteiger partial charge in [0.05, 0.1) is 24.9 Å². The van der Waals surface area contributed by atoms with Crippen LogP contribution < -0.4 is 5.32 Å². The second-order valence-corrected chi connectivity index (χ2v) is 7.14. The number of methoxy groups -OCH3 is 2. The zero-order valence-electron chi connectivity index (χ0n) is 15.1. The Morgan fingerprint density at radius 2 is 1.76 bits per heavy atom. The molecule has 0 radical (unpaired) electrons. The number of hydrogen-bond donors (Lipinski definition) is 3. The Hall–Kier alpha value is -3.03. The lowest BCUT2D eigenvalue weighted by atomic mass is 9.97. The molecule has 0 bridgehead atoms. The van der Waals surface area contributed by atoms with Crippen molar-refractivity contribution in [1.82, 2.24) is 0 Å². The first-order valence-corrected chi connectivity index (χ1v) is 9.21. The van der Waals surface area contributed by atoms with Crippen molar-refractivity contribution in [3.05, 3.63) is 22.7 Å². The number of carbonyl (C=O) groups excluding carboxylic acids is 4. The van der Waals surface area contributed by atoms with Crippen molar-refractivity contribution >= 4 is 56.7 Å². The Morgan fingerprint density at radius 1 is 1.17 bits per heavy atom. The lowest BCUT2D eigenvalue weighted by Crippen LogP contribution is -2.43. The van der Waals surface area contributed by atoms with Crippen LogP contribution in [0.15, 0.2) is 22.2 Å². The van der Waals surface area contributed by atoms with Gasteiger partial charge in [-0.3, -0.25) is 18.9 Å². The first-order valence-electron chi connectivity index (χ1n) is 7.39. The van der Waals surface area contributed by atoms with Crippen LogP contribution in [0.25, 0.3) is 0 Å². The minimum atomic E-state index is -4.87. The van der Waals surface area contributed by atoms with Crippen molar-refractivity contribution in [2.24, 2.45) is 11.1 Å². The highest BCUT2D eigenvalue weighted by Crippen LogP contribution is 2.31. The number of nitrogens with one attached hydrogen (secondary N) is 1. The number of benzene rings is 1. The van der Waals surface area contributed by atoms with Crippen molar-refractivity contribution in [3.63, 3.8) is 0 Å². The molecule has 29 heavy (non-hydrogen) atoms. The van der Waals surface area contributed by atoms with E-state index in [0.29, 0.717) is 5.56 Å². The predicted octanol–water partition coefficient (Wildman–Crippen LogP) is 0.195. The molecule has 0 aliphatic rings. The second-order valence-electron chi connectivity index (χ2n) is 5.35. The zero-order valence-corrected chi connectivity index (χ0v) is 16.7. The largest absolute Gasteiger partial charge is 0.468 e. The number of rotatable bonds is 7. The summed E-state index contributed by atoms with van der Waals surface area (Å²) in [4.78, 5) is 47.5. The first kappa shape index (κ1) is 24.0. The number of esters is 2. The highest BCUT2D eigenvalue weighted by atomic mass is 35.5. The van der Waals surface area contributed by atoms with Crippen molar-refractivity contribution in [3.8, 4) is 0 Å². The topological polar surface area (TPSA) is 186 Å². The van der Waals surface area contributed by atoms with Crippen molar-refractivity contribution in [1.29, 1.82) is 0 Å². The van der Waals surface area contributed by atoms with Crippen LogP contribution in [-0.4, -0.2) is 61.7 Å². The zero-order chi connectivity index (χ0) is 22.5. The van der Waals surface area contributed by atoms with E-state index in [4.69, 9.17) is 16.8 Å². The number of oxime groups is 1. The number of amides is 1. The lowest BCUT2D eigenvalue weighted by molar-refractivity contribution is -0.150. The lowest BCUT2D eigenvalue weighted by Gasteiger charge is -2.15. The van der Waals surface area contributed by atoms with Crippen LogP contribution in [0.1, 0.15) is 5.56 Å². The summed E-state index contributed by atoms with van der Waals surface area (Å²) in [6.45, 7) is 1.45. The number of carbonyl (C=O) groups is 4. The van der Waals surface area contributed by atoms with Crippen LogP contribution in [0.4, 0.5) is 5.69 Å². The van der Waals surface area contributed by atoms with E-state index < -0.39 is 56.0 Å². The number of Topliss-reactive ketones (excluding diaryl/α,β-unsaturated/α-hetero) is 1. The van der Waals surface area contributed by atoms with Crippen LogP contribution in [0.3, 0.4) is 0 Å². The third-order valence-electron chi connectivity index (χ3n) is 3.41. The maximum atomic E-state index is 12.4. The van der Waals surface area contributed by atoms with Crippen LogP contribution in [0.2, 0.25) is 5.02 Å². The van der Waals surface area contributed by atoms with Gasteiger partial charge in [0.2, 0.25) is 5.78 Å². The quantitative estimate of drug-likeness (QED) is 0.0984. The fourth-order valence-corrected chi connectivity index (χ4v) is 3.25. The van der Waals surface area contributed by atoms with Crippen LogP contribution in [0, 0.1) is 12.8 Å². The molecule has 1 aromatic rings. The number of halogens is 1. The van der Waals surface area contributed by atoms with Crippen LogP contribution in [-0.2, 0) is 38.8 Å². The fraction of sp³-hybridized carbons (Fsp3) is 0.267. The molecule has 0 heterocycles. The van der Waals surface area contributed by atoms with Crippen molar-refractivity contribution < 1.29 is 46.8 Å². The average molecular weight is 451 g/mol. The van der Waals surface area contributed by atoms with Gasteiger partial charge < -0.3 is 20.0 Å². The summed E-state index contributed by atoms with van der Waals surface area (Å²) >= 11 is 5.89. The molecule has 0 aliphatic heterocycles. The highest BCUT2D eigenvalue weighted by Gasteiger charge is 2.42. The molecule has 1 rings (SSSR count).